The standard InChI is InChI=1S/C7H9N3O2/c1-4(11)5-3-6(10-9-5)7(12)8-2/h3H,1-2H3,(H,8,12)(H,9,10). The molecule has 1 aromatic rings. The summed E-state index contributed by atoms with van der Waals surface area (Å²) >= 11 is 0. The third kappa shape index (κ3) is 1.50. The third-order valence-corrected chi connectivity index (χ3v) is 1.41. The average Bonchev–Trinajstić information content (AvgIpc) is 2.51. The molecule has 1 amide bonds. The second-order valence-electron chi connectivity index (χ2n) is 2.30. The van der Waals surface area contributed by atoms with E-state index in [1.807, 2.05) is 0 Å². The Morgan fingerprint density at radius 2 is 2.25 bits per heavy atom. The van der Waals surface area contributed by atoms with Gasteiger partial charge < -0.3 is 5.32 Å². The lowest BCUT2D eigenvalue weighted by Crippen LogP contribution is -2.18. The summed E-state index contributed by atoms with van der Waals surface area (Å²) in [6.07, 6.45) is 0. The van der Waals surface area contributed by atoms with Crippen LogP contribution in [0.4, 0.5) is 0 Å². The first-order valence-electron chi connectivity index (χ1n) is 3.43. The minimum Gasteiger partial charge on any atom is -0.354 e. The monoisotopic (exact) mass is 167 g/mol. The Labute approximate surface area is 69.2 Å². The molecule has 0 unspecified atom stereocenters. The van der Waals surface area contributed by atoms with Crippen molar-refractivity contribution < 1.29 is 9.59 Å². The second-order valence-corrected chi connectivity index (χ2v) is 2.30. The number of carbonyl (C=O) groups is 2. The number of carbonyl (C=O) groups excluding carboxylic acids is 2. The van der Waals surface area contributed by atoms with Crippen LogP contribution in [0.15, 0.2) is 6.07 Å². The van der Waals surface area contributed by atoms with Crippen molar-refractivity contribution in [3.05, 3.63) is 17.5 Å². The van der Waals surface area contributed by atoms with Crippen molar-refractivity contribution in [3.8, 4) is 0 Å². The fourth-order valence-corrected chi connectivity index (χ4v) is 0.753. The molecule has 12 heavy (non-hydrogen) atoms. The normalized spacial score (nSPS) is 9.50. The van der Waals surface area contributed by atoms with E-state index >= 15 is 0 Å². The summed E-state index contributed by atoms with van der Waals surface area (Å²) in [5.41, 5.74) is 0.566. The maximum atomic E-state index is 11.0. The number of hydrogen-bond acceptors (Lipinski definition) is 3. The predicted octanol–water partition coefficient (Wildman–Crippen LogP) is -0.0281. The molecule has 0 saturated heterocycles. The van der Waals surface area contributed by atoms with E-state index in [2.05, 4.69) is 15.5 Å². The minimum atomic E-state index is -0.282. The molecule has 0 saturated carbocycles. The molecule has 2 N–H and O–H groups in total. The van der Waals surface area contributed by atoms with E-state index in [-0.39, 0.29) is 17.4 Å². The van der Waals surface area contributed by atoms with Gasteiger partial charge in [0, 0.05) is 14.0 Å². The van der Waals surface area contributed by atoms with Crippen LogP contribution < -0.4 is 5.32 Å². The molecule has 1 rings (SSSR count). The molecule has 0 radical (unpaired) electrons. The molecule has 5 nitrogen and oxygen atoms in total. The highest BCUT2D eigenvalue weighted by Crippen LogP contribution is 1.99. The lowest BCUT2D eigenvalue weighted by molar-refractivity contribution is 0.0957. The van der Waals surface area contributed by atoms with Gasteiger partial charge in [0.15, 0.2) is 5.78 Å². The van der Waals surface area contributed by atoms with Crippen LogP contribution in [0, 0.1) is 0 Å². The number of hydrogen-bond donors (Lipinski definition) is 2. The Bertz CT molecular complexity index is 316. The molecule has 1 heterocycles. The second kappa shape index (κ2) is 3.17. The van der Waals surface area contributed by atoms with Gasteiger partial charge in [-0.1, -0.05) is 0 Å². The van der Waals surface area contributed by atoms with Crippen LogP contribution in [0.25, 0.3) is 0 Å². The van der Waals surface area contributed by atoms with Crippen molar-refractivity contribution in [2.45, 2.75) is 6.92 Å². The Balaban J connectivity index is 2.91. The largest absolute Gasteiger partial charge is 0.354 e. The molecule has 1 aromatic heterocycles. The number of Topliss-reactive ketones (excluding diaryl/α,β-unsaturated/α-hetero) is 1. The van der Waals surface area contributed by atoms with Crippen LogP contribution in [-0.4, -0.2) is 28.9 Å². The van der Waals surface area contributed by atoms with Crippen molar-refractivity contribution in [2.24, 2.45) is 0 Å². The van der Waals surface area contributed by atoms with Crippen molar-refractivity contribution in [3.63, 3.8) is 0 Å². The zero-order valence-electron chi connectivity index (χ0n) is 6.84. The van der Waals surface area contributed by atoms with E-state index in [0.717, 1.165) is 0 Å². The van der Waals surface area contributed by atoms with Crippen molar-refractivity contribution in [1.29, 1.82) is 0 Å². The molecule has 0 aliphatic heterocycles. The molecule has 0 atom stereocenters. The number of ketones is 1. The summed E-state index contributed by atoms with van der Waals surface area (Å²) in [4.78, 5) is 21.7. The van der Waals surface area contributed by atoms with Gasteiger partial charge in [-0.05, 0) is 6.07 Å². The topological polar surface area (TPSA) is 74.8 Å². The maximum absolute atomic E-state index is 11.0. The van der Waals surface area contributed by atoms with Gasteiger partial charge in [-0.3, -0.25) is 14.7 Å². The molecule has 5 heteroatoms. The lowest BCUT2D eigenvalue weighted by atomic mass is 10.3. The van der Waals surface area contributed by atoms with Crippen molar-refractivity contribution >= 4 is 11.7 Å². The van der Waals surface area contributed by atoms with Crippen molar-refractivity contribution in [1.82, 2.24) is 15.5 Å². The SMILES string of the molecule is CNC(=O)c1cc(C(C)=O)n[nH]1. The fourth-order valence-electron chi connectivity index (χ4n) is 0.753. The van der Waals surface area contributed by atoms with E-state index in [4.69, 9.17) is 0 Å². The molecular weight excluding hydrogens is 158 g/mol. The number of nitrogens with zero attached hydrogens (tertiary/aromatic N) is 1. The number of aromatic nitrogens is 2. The number of rotatable bonds is 2. The first-order chi connectivity index (χ1) is 5.65. The number of aromatic amines is 1. The van der Waals surface area contributed by atoms with Gasteiger partial charge in [-0.25, -0.2) is 0 Å². The van der Waals surface area contributed by atoms with Gasteiger partial charge >= 0.3 is 0 Å². The zero-order chi connectivity index (χ0) is 9.14. The smallest absolute Gasteiger partial charge is 0.269 e. The Morgan fingerprint density at radius 1 is 1.58 bits per heavy atom. The van der Waals surface area contributed by atoms with E-state index in [0.29, 0.717) is 5.69 Å². The summed E-state index contributed by atoms with van der Waals surface area (Å²) in [6, 6.07) is 1.42. The molecule has 0 spiro atoms. The highest BCUT2D eigenvalue weighted by atomic mass is 16.2. The first kappa shape index (κ1) is 8.45. The van der Waals surface area contributed by atoms with E-state index < -0.39 is 0 Å². The van der Waals surface area contributed by atoms with Gasteiger partial charge in [0.2, 0.25) is 0 Å². The minimum absolute atomic E-state index is 0.165. The van der Waals surface area contributed by atoms with Crippen LogP contribution in [0.2, 0.25) is 0 Å². The van der Waals surface area contributed by atoms with E-state index in [9.17, 15) is 9.59 Å². The Kier molecular flexibility index (Phi) is 2.23. The molecule has 0 bridgehead atoms. The molecule has 0 aliphatic carbocycles. The summed E-state index contributed by atoms with van der Waals surface area (Å²) in [7, 11) is 1.51. The first-order valence-corrected chi connectivity index (χ1v) is 3.43. The van der Waals surface area contributed by atoms with Gasteiger partial charge in [-0.15, -0.1) is 0 Å². The van der Waals surface area contributed by atoms with Crippen molar-refractivity contribution in [2.75, 3.05) is 7.05 Å². The Hall–Kier alpha value is -1.65. The Morgan fingerprint density at radius 3 is 2.67 bits per heavy atom. The number of H-pyrrole nitrogens is 1. The lowest BCUT2D eigenvalue weighted by Gasteiger charge is -1.90. The molecule has 0 aliphatic rings. The van der Waals surface area contributed by atoms with E-state index in [1.54, 1.807) is 0 Å². The highest BCUT2D eigenvalue weighted by molar-refractivity contribution is 5.97. The average molecular weight is 167 g/mol. The van der Waals surface area contributed by atoms with Gasteiger partial charge in [0.05, 0.1) is 0 Å². The van der Waals surface area contributed by atoms with Crippen LogP contribution in [0.5, 0.6) is 0 Å². The van der Waals surface area contributed by atoms with Crippen LogP contribution in [0.1, 0.15) is 27.9 Å². The van der Waals surface area contributed by atoms with Crippen LogP contribution >= 0.6 is 0 Å². The molecular formula is C7H9N3O2. The number of nitrogens with one attached hydrogen (secondary N) is 2. The van der Waals surface area contributed by atoms with Crippen LogP contribution in [0.3, 0.4) is 0 Å². The zero-order valence-corrected chi connectivity index (χ0v) is 6.84. The molecule has 0 fully saturated rings. The maximum Gasteiger partial charge on any atom is 0.269 e. The fraction of sp³-hybridized carbons (Fsp3) is 0.286. The summed E-state index contributed by atoms with van der Waals surface area (Å²) in [5.74, 6) is -0.448. The summed E-state index contributed by atoms with van der Waals surface area (Å²) in [6.45, 7) is 1.39. The number of amides is 1. The quantitative estimate of drug-likeness (QED) is 0.607. The van der Waals surface area contributed by atoms with Crippen LogP contribution in [-0.2, 0) is 0 Å². The molecule has 64 valence electrons. The molecule has 0 aromatic carbocycles. The van der Waals surface area contributed by atoms with E-state index in [1.165, 1.54) is 20.0 Å². The summed E-state index contributed by atoms with van der Waals surface area (Å²) < 4.78 is 0. The van der Waals surface area contributed by atoms with Gasteiger partial charge in [-0.2, -0.15) is 5.10 Å². The third-order valence-electron chi connectivity index (χ3n) is 1.41. The van der Waals surface area contributed by atoms with Gasteiger partial charge in [0.1, 0.15) is 11.4 Å². The highest BCUT2D eigenvalue weighted by Gasteiger charge is 2.09. The summed E-state index contributed by atoms with van der Waals surface area (Å²) in [5, 5.41) is 8.52. The van der Waals surface area contributed by atoms with Gasteiger partial charge in [0.25, 0.3) is 5.91 Å². The predicted molar refractivity (Wildman–Crippen MR) is 42.0 cm³/mol.